The molecule has 0 radical (unpaired) electrons. The molecule has 1 aromatic rings. The van der Waals surface area contributed by atoms with Crippen LogP contribution in [-0.2, 0) is 0 Å². The maximum atomic E-state index is 8.98. The predicted molar refractivity (Wildman–Crippen MR) is 66.6 cm³/mol. The van der Waals surface area contributed by atoms with Gasteiger partial charge in [0.25, 0.3) is 0 Å². The lowest BCUT2D eigenvalue weighted by Crippen LogP contribution is -2.00. The molecule has 16 heavy (non-hydrogen) atoms. The molecule has 2 rings (SSSR count). The Balaban J connectivity index is 2.41. The highest BCUT2D eigenvalue weighted by Crippen LogP contribution is 2.28. The van der Waals surface area contributed by atoms with Crippen LogP contribution in [0.2, 0.25) is 0 Å². The van der Waals surface area contributed by atoms with Crippen molar-refractivity contribution < 1.29 is 0 Å². The van der Waals surface area contributed by atoms with E-state index in [1.807, 2.05) is 6.08 Å². The second kappa shape index (κ2) is 4.37. The van der Waals surface area contributed by atoms with E-state index < -0.39 is 0 Å². The van der Waals surface area contributed by atoms with Crippen molar-refractivity contribution in [3.63, 3.8) is 0 Å². The molecule has 0 fully saturated rings. The quantitative estimate of drug-likeness (QED) is 0.688. The van der Waals surface area contributed by atoms with Gasteiger partial charge in [-0.3, -0.25) is 0 Å². The third kappa shape index (κ3) is 2.23. The highest BCUT2D eigenvalue weighted by Gasteiger charge is 2.12. The molecule has 0 amide bonds. The number of nitriles is 1. The Morgan fingerprint density at radius 3 is 2.88 bits per heavy atom. The first kappa shape index (κ1) is 10.7. The summed E-state index contributed by atoms with van der Waals surface area (Å²) in [4.78, 5) is 0. The van der Waals surface area contributed by atoms with Crippen LogP contribution in [0.4, 0.5) is 0 Å². The van der Waals surface area contributed by atoms with Crippen LogP contribution < -0.4 is 0 Å². The number of allylic oxidation sites excluding steroid dienone is 4. The molecular formula is C15H15N. The maximum absolute atomic E-state index is 8.98. The molecule has 0 bridgehead atoms. The SMILES string of the molecule is Cc1cccc(C2=CC(C)CC(C#N)=C2)c1. The highest BCUT2D eigenvalue weighted by molar-refractivity contribution is 5.77. The third-order valence-corrected chi connectivity index (χ3v) is 2.83. The Hall–Kier alpha value is -1.81. The van der Waals surface area contributed by atoms with E-state index in [9.17, 15) is 0 Å². The van der Waals surface area contributed by atoms with E-state index in [1.54, 1.807) is 0 Å². The average Bonchev–Trinajstić information content (AvgIpc) is 2.28. The zero-order valence-corrected chi connectivity index (χ0v) is 9.70. The van der Waals surface area contributed by atoms with Gasteiger partial charge in [-0.2, -0.15) is 5.26 Å². The van der Waals surface area contributed by atoms with Crippen LogP contribution in [0.15, 0.2) is 42.0 Å². The van der Waals surface area contributed by atoms with E-state index in [-0.39, 0.29) is 0 Å². The normalized spacial score (nSPS) is 19.7. The molecule has 1 aromatic carbocycles. The van der Waals surface area contributed by atoms with Crippen molar-refractivity contribution in [1.82, 2.24) is 0 Å². The minimum atomic E-state index is 0.454. The number of benzene rings is 1. The fourth-order valence-electron chi connectivity index (χ4n) is 2.09. The molecule has 0 heterocycles. The third-order valence-electron chi connectivity index (χ3n) is 2.83. The molecule has 1 aliphatic carbocycles. The van der Waals surface area contributed by atoms with Crippen molar-refractivity contribution in [3.8, 4) is 6.07 Å². The lowest BCUT2D eigenvalue weighted by molar-refractivity contribution is 0.723. The van der Waals surface area contributed by atoms with Crippen LogP contribution in [0.25, 0.3) is 5.57 Å². The number of hydrogen-bond acceptors (Lipinski definition) is 1. The molecule has 1 atom stereocenters. The Bertz CT molecular complexity index is 500. The van der Waals surface area contributed by atoms with Crippen LogP contribution in [0.3, 0.4) is 0 Å². The van der Waals surface area contributed by atoms with Gasteiger partial charge in [0.15, 0.2) is 0 Å². The average molecular weight is 209 g/mol. The summed E-state index contributed by atoms with van der Waals surface area (Å²) in [5.74, 6) is 0.454. The second-order valence-corrected chi connectivity index (χ2v) is 4.45. The van der Waals surface area contributed by atoms with Crippen LogP contribution in [0, 0.1) is 24.2 Å². The highest BCUT2D eigenvalue weighted by atomic mass is 14.3. The number of aryl methyl sites for hydroxylation is 1. The molecule has 0 spiro atoms. The lowest BCUT2D eigenvalue weighted by Gasteiger charge is -2.15. The molecule has 0 saturated carbocycles. The molecule has 1 aliphatic rings. The predicted octanol–water partition coefficient (Wildman–Crippen LogP) is 3.87. The molecule has 0 aromatic heterocycles. The van der Waals surface area contributed by atoms with Crippen LogP contribution >= 0.6 is 0 Å². The molecule has 1 unspecified atom stereocenters. The molecule has 0 saturated heterocycles. The van der Waals surface area contributed by atoms with E-state index in [0.29, 0.717) is 5.92 Å². The summed E-state index contributed by atoms with van der Waals surface area (Å²) < 4.78 is 0. The first-order valence-corrected chi connectivity index (χ1v) is 5.58. The van der Waals surface area contributed by atoms with E-state index in [1.165, 1.54) is 16.7 Å². The summed E-state index contributed by atoms with van der Waals surface area (Å²) in [5, 5.41) is 8.98. The van der Waals surface area contributed by atoms with Crippen LogP contribution in [0.5, 0.6) is 0 Å². The molecular weight excluding hydrogens is 194 g/mol. The van der Waals surface area contributed by atoms with E-state index in [0.717, 1.165) is 12.0 Å². The fraction of sp³-hybridized carbons (Fsp3) is 0.267. The summed E-state index contributed by atoms with van der Waals surface area (Å²) in [6.07, 6.45) is 5.12. The second-order valence-electron chi connectivity index (χ2n) is 4.45. The minimum Gasteiger partial charge on any atom is -0.193 e. The van der Waals surface area contributed by atoms with Gasteiger partial charge in [-0.15, -0.1) is 0 Å². The van der Waals surface area contributed by atoms with Gasteiger partial charge >= 0.3 is 0 Å². The first-order valence-electron chi connectivity index (χ1n) is 5.58. The fourth-order valence-corrected chi connectivity index (χ4v) is 2.09. The van der Waals surface area contributed by atoms with Crippen molar-refractivity contribution in [2.45, 2.75) is 20.3 Å². The largest absolute Gasteiger partial charge is 0.193 e. The van der Waals surface area contributed by atoms with Gasteiger partial charge in [0.2, 0.25) is 0 Å². The summed E-state index contributed by atoms with van der Waals surface area (Å²) >= 11 is 0. The zero-order chi connectivity index (χ0) is 11.5. The lowest BCUT2D eigenvalue weighted by atomic mass is 9.89. The molecule has 0 aliphatic heterocycles. The molecule has 0 N–H and O–H groups in total. The van der Waals surface area contributed by atoms with Crippen LogP contribution in [-0.4, -0.2) is 0 Å². The minimum absolute atomic E-state index is 0.454. The van der Waals surface area contributed by atoms with Gasteiger partial charge in [-0.05, 0) is 36.5 Å². The van der Waals surface area contributed by atoms with Gasteiger partial charge in [0.1, 0.15) is 0 Å². The van der Waals surface area contributed by atoms with E-state index in [4.69, 9.17) is 5.26 Å². The first-order chi connectivity index (χ1) is 7.69. The summed E-state index contributed by atoms with van der Waals surface area (Å²) in [6, 6.07) is 10.7. The standard InChI is InChI=1S/C15H15N/c1-11-4-3-5-14(7-11)15-8-12(2)6-13(9-15)10-16/h3-5,7-9,12H,6H2,1-2H3. The Kier molecular flexibility index (Phi) is 2.92. The van der Waals surface area contributed by atoms with Gasteiger partial charge in [-0.1, -0.05) is 42.8 Å². The Morgan fingerprint density at radius 1 is 1.38 bits per heavy atom. The zero-order valence-electron chi connectivity index (χ0n) is 9.70. The molecule has 1 nitrogen and oxygen atoms in total. The van der Waals surface area contributed by atoms with Gasteiger partial charge in [0, 0.05) is 5.57 Å². The maximum Gasteiger partial charge on any atom is 0.0947 e. The summed E-state index contributed by atoms with van der Waals surface area (Å²) in [7, 11) is 0. The Labute approximate surface area is 96.7 Å². The van der Waals surface area contributed by atoms with Crippen molar-refractivity contribution >= 4 is 5.57 Å². The summed E-state index contributed by atoms with van der Waals surface area (Å²) in [5.41, 5.74) is 4.52. The van der Waals surface area contributed by atoms with Crippen molar-refractivity contribution in [2.24, 2.45) is 5.92 Å². The molecule has 80 valence electrons. The van der Waals surface area contributed by atoms with Gasteiger partial charge < -0.3 is 0 Å². The van der Waals surface area contributed by atoms with Gasteiger partial charge in [-0.25, -0.2) is 0 Å². The van der Waals surface area contributed by atoms with Crippen molar-refractivity contribution in [2.75, 3.05) is 0 Å². The van der Waals surface area contributed by atoms with Gasteiger partial charge in [0.05, 0.1) is 6.07 Å². The van der Waals surface area contributed by atoms with E-state index in [2.05, 4.69) is 50.3 Å². The Morgan fingerprint density at radius 2 is 2.19 bits per heavy atom. The number of hydrogen-bond donors (Lipinski definition) is 0. The number of rotatable bonds is 1. The van der Waals surface area contributed by atoms with Crippen molar-refractivity contribution in [3.05, 3.63) is 53.1 Å². The molecule has 1 heteroatoms. The van der Waals surface area contributed by atoms with E-state index >= 15 is 0 Å². The van der Waals surface area contributed by atoms with Crippen molar-refractivity contribution in [1.29, 1.82) is 5.26 Å². The summed E-state index contributed by atoms with van der Waals surface area (Å²) in [6.45, 7) is 4.24. The smallest absolute Gasteiger partial charge is 0.0947 e. The number of nitrogens with zero attached hydrogens (tertiary/aromatic N) is 1. The monoisotopic (exact) mass is 209 g/mol. The topological polar surface area (TPSA) is 23.8 Å². The van der Waals surface area contributed by atoms with Crippen LogP contribution in [0.1, 0.15) is 24.5 Å².